The maximum atomic E-state index is 11.9. The van der Waals surface area contributed by atoms with Crippen molar-refractivity contribution in [2.45, 2.75) is 25.9 Å². The minimum Gasteiger partial charge on any atom is -0.365 e. The Labute approximate surface area is 180 Å². The van der Waals surface area contributed by atoms with Gasteiger partial charge in [-0.15, -0.1) is 0 Å². The van der Waals surface area contributed by atoms with Gasteiger partial charge in [0.15, 0.2) is 5.65 Å². The monoisotopic (exact) mass is 412 g/mol. The number of carbonyl (C=O) groups excluding carboxylic acids is 1. The van der Waals surface area contributed by atoms with Gasteiger partial charge in [-0.05, 0) is 28.7 Å². The van der Waals surface area contributed by atoms with Crippen molar-refractivity contribution in [1.29, 1.82) is 0 Å². The highest BCUT2D eigenvalue weighted by molar-refractivity contribution is 5.86. The number of benzene rings is 2. The van der Waals surface area contributed by atoms with Gasteiger partial charge in [-0.1, -0.05) is 48.5 Å². The molecule has 3 heterocycles. The summed E-state index contributed by atoms with van der Waals surface area (Å²) in [5.41, 5.74) is 5.48. The molecule has 4 aromatic rings. The zero-order chi connectivity index (χ0) is 21.2. The Balaban J connectivity index is 1.35. The van der Waals surface area contributed by atoms with Crippen molar-refractivity contribution in [3.8, 4) is 11.1 Å². The van der Waals surface area contributed by atoms with Gasteiger partial charge in [0, 0.05) is 33.1 Å². The maximum Gasteiger partial charge on any atom is 0.222 e. The second kappa shape index (κ2) is 8.18. The zero-order valence-electron chi connectivity index (χ0n) is 17.5. The molecular weight excluding hydrogens is 388 g/mol. The SMILES string of the molecule is Cn1ncc2c(NCc3ccccc3-c3ccc(CN4CCCC4=O)cc3)ncnc21. The number of hydrogen-bond acceptors (Lipinski definition) is 5. The summed E-state index contributed by atoms with van der Waals surface area (Å²) in [5, 5.41) is 8.62. The second-order valence-corrected chi connectivity index (χ2v) is 7.85. The molecule has 1 amide bonds. The molecule has 0 aliphatic carbocycles. The van der Waals surface area contributed by atoms with Crippen molar-refractivity contribution >= 4 is 22.8 Å². The van der Waals surface area contributed by atoms with Gasteiger partial charge < -0.3 is 10.2 Å². The fraction of sp³-hybridized carbons (Fsp3) is 0.250. The number of carbonyl (C=O) groups is 1. The molecule has 0 bridgehead atoms. The highest BCUT2D eigenvalue weighted by atomic mass is 16.2. The molecule has 0 spiro atoms. The third kappa shape index (κ3) is 3.86. The summed E-state index contributed by atoms with van der Waals surface area (Å²) >= 11 is 0. The van der Waals surface area contributed by atoms with Crippen LogP contribution in [0.2, 0.25) is 0 Å². The fourth-order valence-electron chi connectivity index (χ4n) is 4.12. The average molecular weight is 412 g/mol. The Morgan fingerprint density at radius 1 is 1.06 bits per heavy atom. The first-order chi connectivity index (χ1) is 15.2. The average Bonchev–Trinajstić information content (AvgIpc) is 3.39. The number of nitrogens with one attached hydrogen (secondary N) is 1. The van der Waals surface area contributed by atoms with Gasteiger partial charge in [-0.3, -0.25) is 9.48 Å². The number of nitrogens with zero attached hydrogens (tertiary/aromatic N) is 5. The first kappa shape index (κ1) is 19.2. The van der Waals surface area contributed by atoms with E-state index in [0.717, 1.165) is 40.9 Å². The smallest absolute Gasteiger partial charge is 0.222 e. The van der Waals surface area contributed by atoms with Gasteiger partial charge in [0.05, 0.1) is 11.6 Å². The number of rotatable bonds is 6. The molecular formula is C24H24N6O. The lowest BCUT2D eigenvalue weighted by molar-refractivity contribution is -0.128. The molecule has 1 saturated heterocycles. The molecule has 5 rings (SSSR count). The van der Waals surface area contributed by atoms with Crippen molar-refractivity contribution in [2.75, 3.05) is 11.9 Å². The predicted molar refractivity (Wildman–Crippen MR) is 120 cm³/mol. The second-order valence-electron chi connectivity index (χ2n) is 7.85. The summed E-state index contributed by atoms with van der Waals surface area (Å²) in [7, 11) is 1.87. The first-order valence-corrected chi connectivity index (χ1v) is 10.5. The van der Waals surface area contributed by atoms with E-state index in [9.17, 15) is 4.79 Å². The summed E-state index contributed by atoms with van der Waals surface area (Å²) in [6, 6.07) is 16.9. The van der Waals surface area contributed by atoms with Crippen LogP contribution in [0.3, 0.4) is 0 Å². The molecule has 156 valence electrons. The van der Waals surface area contributed by atoms with Gasteiger partial charge in [-0.2, -0.15) is 5.10 Å². The van der Waals surface area contributed by atoms with Crippen LogP contribution in [0.15, 0.2) is 61.1 Å². The van der Waals surface area contributed by atoms with Gasteiger partial charge in [0.25, 0.3) is 0 Å². The number of hydrogen-bond donors (Lipinski definition) is 1. The topological polar surface area (TPSA) is 75.9 Å². The summed E-state index contributed by atoms with van der Waals surface area (Å²) < 4.78 is 1.74. The molecule has 0 radical (unpaired) electrons. The largest absolute Gasteiger partial charge is 0.365 e. The number of anilines is 1. The third-order valence-corrected chi connectivity index (χ3v) is 5.80. The molecule has 1 aliphatic heterocycles. The fourth-order valence-corrected chi connectivity index (χ4v) is 4.12. The Hall–Kier alpha value is -3.74. The zero-order valence-corrected chi connectivity index (χ0v) is 17.5. The summed E-state index contributed by atoms with van der Waals surface area (Å²) in [6.45, 7) is 2.20. The summed E-state index contributed by atoms with van der Waals surface area (Å²) in [6.07, 6.45) is 4.99. The quantitative estimate of drug-likeness (QED) is 0.522. The normalized spacial score (nSPS) is 13.8. The van der Waals surface area contributed by atoms with E-state index in [2.05, 4.69) is 62.8 Å². The van der Waals surface area contributed by atoms with Crippen LogP contribution in [0.1, 0.15) is 24.0 Å². The third-order valence-electron chi connectivity index (χ3n) is 5.80. The molecule has 7 heteroatoms. The number of fused-ring (bicyclic) bond motifs is 1. The van der Waals surface area contributed by atoms with Crippen molar-refractivity contribution in [3.63, 3.8) is 0 Å². The van der Waals surface area contributed by atoms with Crippen molar-refractivity contribution in [3.05, 3.63) is 72.2 Å². The van der Waals surface area contributed by atoms with E-state index in [-0.39, 0.29) is 5.91 Å². The van der Waals surface area contributed by atoms with E-state index in [4.69, 9.17) is 0 Å². The van der Waals surface area contributed by atoms with Crippen LogP contribution in [0.5, 0.6) is 0 Å². The molecule has 1 aliphatic rings. The number of amides is 1. The number of likely N-dealkylation sites (tertiary alicyclic amines) is 1. The van der Waals surface area contributed by atoms with Crippen LogP contribution in [0.25, 0.3) is 22.2 Å². The lowest BCUT2D eigenvalue weighted by Gasteiger charge is -2.16. The number of aryl methyl sites for hydroxylation is 1. The van der Waals surface area contributed by atoms with Crippen molar-refractivity contribution in [2.24, 2.45) is 7.05 Å². The van der Waals surface area contributed by atoms with E-state index in [1.54, 1.807) is 17.2 Å². The van der Waals surface area contributed by atoms with Crippen LogP contribution in [-0.4, -0.2) is 37.1 Å². The molecule has 0 unspecified atom stereocenters. The van der Waals surface area contributed by atoms with Crippen LogP contribution in [0.4, 0.5) is 5.82 Å². The first-order valence-electron chi connectivity index (χ1n) is 10.5. The number of aromatic nitrogens is 4. The minimum absolute atomic E-state index is 0.257. The van der Waals surface area contributed by atoms with Gasteiger partial charge in [0.2, 0.25) is 5.91 Å². The van der Waals surface area contributed by atoms with Crippen LogP contribution < -0.4 is 5.32 Å². The van der Waals surface area contributed by atoms with E-state index >= 15 is 0 Å². The van der Waals surface area contributed by atoms with Crippen LogP contribution in [0, 0.1) is 0 Å². The predicted octanol–water partition coefficient (Wildman–Crippen LogP) is 3.76. The van der Waals surface area contributed by atoms with Gasteiger partial charge >= 0.3 is 0 Å². The van der Waals surface area contributed by atoms with E-state index in [1.807, 2.05) is 18.0 Å². The van der Waals surface area contributed by atoms with Crippen molar-refractivity contribution in [1.82, 2.24) is 24.6 Å². The lowest BCUT2D eigenvalue weighted by Crippen LogP contribution is -2.23. The van der Waals surface area contributed by atoms with Gasteiger partial charge in [0.1, 0.15) is 12.1 Å². The van der Waals surface area contributed by atoms with E-state index in [1.165, 1.54) is 11.1 Å². The molecule has 0 atom stereocenters. The Morgan fingerprint density at radius 2 is 1.90 bits per heavy atom. The lowest BCUT2D eigenvalue weighted by atomic mass is 9.98. The summed E-state index contributed by atoms with van der Waals surface area (Å²) in [4.78, 5) is 22.5. The molecule has 31 heavy (non-hydrogen) atoms. The molecule has 7 nitrogen and oxygen atoms in total. The molecule has 2 aromatic carbocycles. The Morgan fingerprint density at radius 3 is 2.71 bits per heavy atom. The van der Waals surface area contributed by atoms with Crippen molar-refractivity contribution < 1.29 is 4.79 Å². The molecule has 1 N–H and O–H groups in total. The Kier molecular flexibility index (Phi) is 5.08. The van der Waals surface area contributed by atoms with E-state index < -0.39 is 0 Å². The standard InChI is InChI=1S/C24H24N6O/c1-29-24-21(14-28-29)23(26-16-27-24)25-13-19-5-2-3-6-20(19)18-10-8-17(9-11-18)15-30-12-4-7-22(30)31/h2-3,5-6,8-11,14,16H,4,7,12-13,15H2,1H3,(H,25,26,27). The van der Waals surface area contributed by atoms with Crippen LogP contribution in [-0.2, 0) is 24.9 Å². The minimum atomic E-state index is 0.257. The molecule has 2 aromatic heterocycles. The highest BCUT2D eigenvalue weighted by Gasteiger charge is 2.20. The van der Waals surface area contributed by atoms with E-state index in [0.29, 0.717) is 19.5 Å². The Bertz CT molecular complexity index is 1230. The maximum absolute atomic E-state index is 11.9. The highest BCUT2D eigenvalue weighted by Crippen LogP contribution is 2.26. The van der Waals surface area contributed by atoms with Gasteiger partial charge in [-0.25, -0.2) is 9.97 Å². The molecule has 1 fully saturated rings. The van der Waals surface area contributed by atoms with Crippen LogP contribution >= 0.6 is 0 Å². The summed E-state index contributed by atoms with van der Waals surface area (Å²) in [5.74, 6) is 1.03. The molecule has 0 saturated carbocycles.